The molecule has 1 amide bonds. The normalized spacial score (nSPS) is 15.7. The van der Waals surface area contributed by atoms with Gasteiger partial charge in [-0.15, -0.1) is 0 Å². The summed E-state index contributed by atoms with van der Waals surface area (Å²) < 4.78 is 0. The van der Waals surface area contributed by atoms with Crippen molar-refractivity contribution in [2.75, 3.05) is 11.9 Å². The summed E-state index contributed by atoms with van der Waals surface area (Å²) in [6.07, 6.45) is 7.72. The molecular weight excluding hydrogens is 330 g/mol. The zero-order chi connectivity index (χ0) is 15.1. The van der Waals surface area contributed by atoms with Gasteiger partial charge in [-0.1, -0.05) is 60.2 Å². The van der Waals surface area contributed by atoms with Crippen LogP contribution in [0.25, 0.3) is 0 Å². The van der Waals surface area contributed by atoms with E-state index in [9.17, 15) is 9.59 Å². The van der Waals surface area contributed by atoms with Crippen LogP contribution in [0.1, 0.15) is 59.2 Å². The van der Waals surface area contributed by atoms with Crippen molar-refractivity contribution in [1.29, 1.82) is 0 Å². The highest BCUT2D eigenvalue weighted by Gasteiger charge is 2.14. The van der Waals surface area contributed by atoms with Gasteiger partial charge in [0.25, 0.3) is 5.91 Å². The fourth-order valence-electron chi connectivity index (χ4n) is 2.85. The molecule has 1 aromatic carbocycles. The van der Waals surface area contributed by atoms with Crippen LogP contribution < -0.4 is 5.32 Å². The Morgan fingerprint density at radius 1 is 1.05 bits per heavy atom. The van der Waals surface area contributed by atoms with Crippen molar-refractivity contribution in [3.63, 3.8) is 0 Å². The van der Waals surface area contributed by atoms with E-state index in [1.165, 1.54) is 32.1 Å². The molecule has 0 unspecified atom stereocenters. The second-order valence-corrected chi connectivity index (χ2v) is 6.24. The van der Waals surface area contributed by atoms with Crippen molar-refractivity contribution in [2.24, 2.45) is 5.92 Å². The van der Waals surface area contributed by atoms with Crippen molar-refractivity contribution < 1.29 is 9.59 Å². The predicted molar refractivity (Wildman–Crippen MR) is 88.1 cm³/mol. The van der Waals surface area contributed by atoms with Gasteiger partial charge in [0.2, 0.25) is 0 Å². The molecule has 114 valence electrons. The molecule has 3 nitrogen and oxygen atoms in total. The van der Waals surface area contributed by atoms with Crippen LogP contribution in [0, 0.1) is 5.92 Å². The first kappa shape index (κ1) is 16.2. The minimum Gasteiger partial charge on any atom is -0.352 e. The van der Waals surface area contributed by atoms with Crippen LogP contribution in [-0.2, 0) is 0 Å². The van der Waals surface area contributed by atoms with E-state index in [2.05, 4.69) is 21.2 Å². The third kappa shape index (κ3) is 4.95. The first-order chi connectivity index (χ1) is 10.2. The molecule has 1 aliphatic carbocycles. The number of alkyl halides is 1. The average molecular weight is 352 g/mol. The Bertz CT molecular complexity index is 478. The second kappa shape index (κ2) is 8.32. The number of hydrogen-bond acceptors (Lipinski definition) is 2. The van der Waals surface area contributed by atoms with Crippen LogP contribution in [0.3, 0.4) is 0 Å². The fourth-order valence-corrected chi connectivity index (χ4v) is 3.18. The Kier molecular flexibility index (Phi) is 6.43. The lowest BCUT2D eigenvalue weighted by Crippen LogP contribution is -2.26. The first-order valence-corrected chi connectivity index (χ1v) is 8.80. The van der Waals surface area contributed by atoms with Crippen LogP contribution >= 0.6 is 15.9 Å². The topological polar surface area (TPSA) is 46.2 Å². The number of amides is 1. The number of carbonyl (C=O) groups excluding carboxylic acids is 2. The fraction of sp³-hybridized carbons (Fsp3) is 0.529. The zero-order valence-electron chi connectivity index (χ0n) is 12.2. The average Bonchev–Trinajstić information content (AvgIpc) is 2.55. The van der Waals surface area contributed by atoms with Crippen molar-refractivity contribution in [1.82, 2.24) is 5.32 Å². The standard InChI is InChI=1S/C17H22BrNO2/c18-12-16(20)14-6-8-15(9-7-14)17(21)19-11-10-13-4-2-1-3-5-13/h6-9,13H,1-5,10-12H2,(H,19,21). The van der Waals surface area contributed by atoms with Crippen molar-refractivity contribution >= 4 is 27.6 Å². The van der Waals surface area contributed by atoms with E-state index in [1.54, 1.807) is 24.3 Å². The molecule has 0 aromatic heterocycles. The van der Waals surface area contributed by atoms with Gasteiger partial charge < -0.3 is 5.32 Å². The monoisotopic (exact) mass is 351 g/mol. The van der Waals surface area contributed by atoms with Gasteiger partial charge in [-0.25, -0.2) is 0 Å². The summed E-state index contributed by atoms with van der Waals surface area (Å²) in [5.74, 6) is 0.751. The summed E-state index contributed by atoms with van der Waals surface area (Å²) in [6.45, 7) is 0.742. The van der Waals surface area contributed by atoms with Gasteiger partial charge >= 0.3 is 0 Å². The Labute approximate surface area is 134 Å². The lowest BCUT2D eigenvalue weighted by Gasteiger charge is -2.21. The van der Waals surface area contributed by atoms with Crippen LogP contribution in [-0.4, -0.2) is 23.6 Å². The molecule has 0 heterocycles. The number of Topliss-reactive ketones (excluding diaryl/α,β-unsaturated/α-hetero) is 1. The molecule has 0 atom stereocenters. The lowest BCUT2D eigenvalue weighted by molar-refractivity contribution is 0.0948. The third-order valence-corrected chi connectivity index (χ3v) is 4.66. The largest absolute Gasteiger partial charge is 0.352 e. The molecule has 1 N–H and O–H groups in total. The van der Waals surface area contributed by atoms with E-state index in [-0.39, 0.29) is 11.7 Å². The van der Waals surface area contributed by atoms with Gasteiger partial charge in [0.05, 0.1) is 5.33 Å². The predicted octanol–water partition coefficient (Wildman–Crippen LogP) is 3.96. The Morgan fingerprint density at radius 2 is 1.67 bits per heavy atom. The molecule has 0 saturated heterocycles. The van der Waals surface area contributed by atoms with Crippen LogP contribution in [0.15, 0.2) is 24.3 Å². The number of hydrogen-bond donors (Lipinski definition) is 1. The number of halogens is 1. The third-order valence-electron chi connectivity index (χ3n) is 4.15. The summed E-state index contributed by atoms with van der Waals surface area (Å²) in [5, 5.41) is 3.28. The lowest BCUT2D eigenvalue weighted by atomic mass is 9.87. The molecule has 1 fully saturated rings. The van der Waals surface area contributed by atoms with Gasteiger partial charge in [-0.2, -0.15) is 0 Å². The number of nitrogens with one attached hydrogen (secondary N) is 1. The summed E-state index contributed by atoms with van der Waals surface area (Å²) in [6, 6.07) is 6.84. The minimum absolute atomic E-state index is 0.0271. The van der Waals surface area contributed by atoms with Gasteiger partial charge in [0.15, 0.2) is 5.78 Å². The van der Waals surface area contributed by atoms with Crippen molar-refractivity contribution in [3.05, 3.63) is 35.4 Å². The molecule has 1 saturated carbocycles. The first-order valence-electron chi connectivity index (χ1n) is 7.68. The Balaban J connectivity index is 1.78. The van der Waals surface area contributed by atoms with Crippen molar-refractivity contribution in [2.45, 2.75) is 38.5 Å². The highest BCUT2D eigenvalue weighted by Crippen LogP contribution is 2.25. The van der Waals surface area contributed by atoms with Crippen molar-refractivity contribution in [3.8, 4) is 0 Å². The molecule has 4 heteroatoms. The molecule has 0 radical (unpaired) electrons. The molecule has 0 spiro atoms. The SMILES string of the molecule is O=C(CBr)c1ccc(C(=O)NCCC2CCCCC2)cc1. The van der Waals surface area contributed by atoms with Gasteiger partial charge in [-0.05, 0) is 24.5 Å². The van der Waals surface area contributed by atoms with E-state index < -0.39 is 0 Å². The smallest absolute Gasteiger partial charge is 0.251 e. The molecule has 0 aliphatic heterocycles. The van der Waals surface area contributed by atoms with E-state index in [0.717, 1.165) is 18.9 Å². The summed E-state index contributed by atoms with van der Waals surface area (Å²) in [7, 11) is 0. The molecule has 21 heavy (non-hydrogen) atoms. The summed E-state index contributed by atoms with van der Waals surface area (Å²) >= 11 is 3.14. The molecular formula is C17H22BrNO2. The van der Waals surface area contributed by atoms with E-state index in [4.69, 9.17) is 0 Å². The number of ketones is 1. The zero-order valence-corrected chi connectivity index (χ0v) is 13.8. The van der Waals surface area contributed by atoms with Gasteiger partial charge in [0.1, 0.15) is 0 Å². The molecule has 2 rings (SSSR count). The maximum Gasteiger partial charge on any atom is 0.251 e. The van der Waals surface area contributed by atoms with E-state index in [1.807, 2.05) is 0 Å². The maximum absolute atomic E-state index is 12.0. The number of benzene rings is 1. The summed E-state index contributed by atoms with van der Waals surface area (Å²) in [4.78, 5) is 23.5. The number of carbonyl (C=O) groups is 2. The maximum atomic E-state index is 12.0. The van der Waals surface area contributed by atoms with Crippen LogP contribution in [0.5, 0.6) is 0 Å². The quantitative estimate of drug-likeness (QED) is 0.622. The van der Waals surface area contributed by atoms with Gasteiger partial charge in [-0.3, -0.25) is 9.59 Å². The summed E-state index contributed by atoms with van der Waals surface area (Å²) in [5.41, 5.74) is 1.25. The minimum atomic E-state index is -0.0522. The Morgan fingerprint density at radius 3 is 2.29 bits per heavy atom. The van der Waals surface area contributed by atoms with Gasteiger partial charge in [0, 0.05) is 17.7 Å². The molecule has 1 aromatic rings. The molecule has 1 aliphatic rings. The number of rotatable bonds is 6. The highest BCUT2D eigenvalue weighted by atomic mass is 79.9. The second-order valence-electron chi connectivity index (χ2n) is 5.68. The highest BCUT2D eigenvalue weighted by molar-refractivity contribution is 9.09. The van der Waals surface area contributed by atoms with Crippen LogP contribution in [0.2, 0.25) is 0 Å². The Hall–Kier alpha value is -1.16. The van der Waals surface area contributed by atoms with Crippen LogP contribution in [0.4, 0.5) is 0 Å². The van der Waals surface area contributed by atoms with E-state index in [0.29, 0.717) is 16.5 Å². The van der Waals surface area contributed by atoms with E-state index >= 15 is 0 Å². The molecule has 0 bridgehead atoms.